The Kier molecular flexibility index (Phi) is 7.06. The van der Waals surface area contributed by atoms with Crippen molar-refractivity contribution in [2.45, 2.75) is 5.92 Å². The highest BCUT2D eigenvalue weighted by Crippen LogP contribution is 2.45. The molecule has 1 heterocycles. The molecule has 1 aliphatic heterocycles. The van der Waals surface area contributed by atoms with Gasteiger partial charge in [-0.1, -0.05) is 24.8 Å². The van der Waals surface area contributed by atoms with Crippen LogP contribution in [0.25, 0.3) is 0 Å². The minimum Gasteiger partial charge on any atom is -0.493 e. The number of ether oxygens (including phenoxy) is 4. The first kappa shape index (κ1) is 24.8. The van der Waals surface area contributed by atoms with Crippen LogP contribution in [-0.4, -0.2) is 24.6 Å². The Morgan fingerprint density at radius 3 is 2.59 bits per heavy atom. The van der Waals surface area contributed by atoms with Gasteiger partial charge in [0.2, 0.25) is 5.88 Å². The maximum absolute atomic E-state index is 12.5. The Hall–Kier alpha value is -5.30. The molecule has 0 amide bonds. The van der Waals surface area contributed by atoms with E-state index in [4.69, 9.17) is 24.7 Å². The number of carbonyl (C=O) groups excluding carboxylic acids is 1. The van der Waals surface area contributed by atoms with Crippen molar-refractivity contribution in [2.75, 3.05) is 13.7 Å². The van der Waals surface area contributed by atoms with Crippen LogP contribution in [0, 0.1) is 21.4 Å². The largest absolute Gasteiger partial charge is 0.493 e. The van der Waals surface area contributed by atoms with Crippen LogP contribution < -0.4 is 24.7 Å². The molecule has 2 N–H and O–H groups in total. The minimum atomic E-state index is -0.705. The number of non-ortho nitro benzene ring substituents is 1. The molecule has 0 aromatic heterocycles. The monoisotopic (exact) mass is 499 g/mol. The van der Waals surface area contributed by atoms with Gasteiger partial charge in [-0.3, -0.25) is 10.1 Å². The summed E-state index contributed by atoms with van der Waals surface area (Å²) in [6.45, 7) is 3.94. The van der Waals surface area contributed by atoms with E-state index in [9.17, 15) is 20.2 Å². The predicted octanol–water partition coefficient (Wildman–Crippen LogP) is 4.61. The molecule has 0 bridgehead atoms. The average Bonchev–Trinajstić information content (AvgIpc) is 2.91. The standard InChI is InChI=1S/C27H21N3O7/c1-3-12-35-22-11-6-17(13-24(22)34-2)25-20-10-9-19(14-23(20)37-26(29)21(25)15-28)36-27(31)16-4-7-18(8-5-16)30(32)33/h3-11,13-14,25H,1,12,29H2,2H3. The quantitative estimate of drug-likeness (QED) is 0.154. The van der Waals surface area contributed by atoms with Crippen LogP contribution in [-0.2, 0) is 0 Å². The summed E-state index contributed by atoms with van der Waals surface area (Å²) >= 11 is 0. The number of fused-ring (bicyclic) bond motifs is 1. The number of carbonyl (C=O) groups is 1. The maximum Gasteiger partial charge on any atom is 0.343 e. The normalized spacial score (nSPS) is 14.0. The van der Waals surface area contributed by atoms with E-state index in [2.05, 4.69) is 12.6 Å². The highest BCUT2D eigenvalue weighted by Gasteiger charge is 2.32. The van der Waals surface area contributed by atoms with Gasteiger partial charge in [-0.25, -0.2) is 4.79 Å². The van der Waals surface area contributed by atoms with Crippen molar-refractivity contribution < 1.29 is 28.7 Å². The van der Waals surface area contributed by atoms with Crippen LogP contribution in [0.4, 0.5) is 5.69 Å². The Labute approximate surface area is 211 Å². The predicted molar refractivity (Wildman–Crippen MR) is 132 cm³/mol. The van der Waals surface area contributed by atoms with Gasteiger partial charge in [0.1, 0.15) is 29.7 Å². The molecule has 0 aliphatic carbocycles. The van der Waals surface area contributed by atoms with E-state index in [1.54, 1.807) is 36.4 Å². The van der Waals surface area contributed by atoms with Crippen LogP contribution in [0.1, 0.15) is 27.4 Å². The Balaban J connectivity index is 1.66. The van der Waals surface area contributed by atoms with Crippen molar-refractivity contribution in [3.05, 3.63) is 112 Å². The van der Waals surface area contributed by atoms with Crippen molar-refractivity contribution in [2.24, 2.45) is 5.73 Å². The minimum absolute atomic E-state index is 0.0789. The van der Waals surface area contributed by atoms with Crippen molar-refractivity contribution >= 4 is 11.7 Å². The van der Waals surface area contributed by atoms with Crippen LogP contribution in [0.2, 0.25) is 0 Å². The van der Waals surface area contributed by atoms with Gasteiger partial charge < -0.3 is 24.7 Å². The first-order valence-electron chi connectivity index (χ1n) is 11.0. The van der Waals surface area contributed by atoms with Crippen LogP contribution in [0.15, 0.2) is 84.8 Å². The molecule has 0 radical (unpaired) electrons. The van der Waals surface area contributed by atoms with Gasteiger partial charge in [-0.05, 0) is 35.9 Å². The zero-order valence-electron chi connectivity index (χ0n) is 19.7. The summed E-state index contributed by atoms with van der Waals surface area (Å²) in [7, 11) is 1.51. The fourth-order valence-corrected chi connectivity index (χ4v) is 3.86. The van der Waals surface area contributed by atoms with E-state index in [1.807, 2.05) is 0 Å². The number of rotatable bonds is 8. The van der Waals surface area contributed by atoms with Gasteiger partial charge in [0.15, 0.2) is 11.5 Å². The van der Waals surface area contributed by atoms with E-state index in [-0.39, 0.29) is 28.5 Å². The molecule has 0 saturated heterocycles. The van der Waals surface area contributed by atoms with Crippen LogP contribution in [0.3, 0.4) is 0 Å². The molecule has 1 atom stereocenters. The van der Waals surface area contributed by atoms with Gasteiger partial charge in [-0.15, -0.1) is 0 Å². The fourth-order valence-electron chi connectivity index (χ4n) is 3.86. The summed E-state index contributed by atoms with van der Waals surface area (Å²) < 4.78 is 22.2. The number of hydrogen-bond donors (Lipinski definition) is 1. The van der Waals surface area contributed by atoms with Crippen molar-refractivity contribution in [1.82, 2.24) is 0 Å². The van der Waals surface area contributed by atoms with Gasteiger partial charge in [0, 0.05) is 23.8 Å². The molecule has 4 rings (SSSR count). The zero-order valence-corrected chi connectivity index (χ0v) is 19.7. The zero-order chi connectivity index (χ0) is 26.5. The molecule has 3 aromatic rings. The van der Waals surface area contributed by atoms with Gasteiger partial charge in [0.05, 0.1) is 23.5 Å². The molecule has 0 saturated carbocycles. The van der Waals surface area contributed by atoms with Crippen molar-refractivity contribution in [3.63, 3.8) is 0 Å². The summed E-state index contributed by atoms with van der Waals surface area (Å²) in [6.07, 6.45) is 1.62. The number of nitro benzene ring substituents is 1. The summed E-state index contributed by atoms with van der Waals surface area (Å²) in [5, 5.41) is 20.7. The number of methoxy groups -OCH3 is 1. The second-order valence-electron chi connectivity index (χ2n) is 7.83. The molecule has 0 spiro atoms. The Morgan fingerprint density at radius 2 is 1.95 bits per heavy atom. The molecular weight excluding hydrogens is 478 g/mol. The molecule has 10 nitrogen and oxygen atoms in total. The highest BCUT2D eigenvalue weighted by atomic mass is 16.6. The second kappa shape index (κ2) is 10.5. The number of nitro groups is 1. The first-order chi connectivity index (χ1) is 17.9. The van der Waals surface area contributed by atoms with E-state index >= 15 is 0 Å². The lowest BCUT2D eigenvalue weighted by Gasteiger charge is -2.27. The first-order valence-corrected chi connectivity index (χ1v) is 11.0. The lowest BCUT2D eigenvalue weighted by atomic mass is 9.83. The lowest BCUT2D eigenvalue weighted by Crippen LogP contribution is -2.21. The number of nitrogens with zero attached hydrogens (tertiary/aromatic N) is 2. The molecule has 3 aromatic carbocycles. The Morgan fingerprint density at radius 1 is 1.19 bits per heavy atom. The van der Waals surface area contributed by atoms with Crippen molar-refractivity contribution in [3.8, 4) is 29.1 Å². The highest BCUT2D eigenvalue weighted by molar-refractivity contribution is 5.91. The number of nitrogens with two attached hydrogens (primary N) is 1. The second-order valence-corrected chi connectivity index (χ2v) is 7.83. The fraction of sp³-hybridized carbons (Fsp3) is 0.111. The molecule has 1 unspecified atom stereocenters. The van der Waals surface area contributed by atoms with Gasteiger partial charge >= 0.3 is 5.97 Å². The van der Waals surface area contributed by atoms with E-state index in [0.717, 1.165) is 0 Å². The molecule has 186 valence electrons. The van der Waals surface area contributed by atoms with Crippen LogP contribution in [0.5, 0.6) is 23.0 Å². The number of benzene rings is 3. The van der Waals surface area contributed by atoms with E-state index in [0.29, 0.717) is 35.0 Å². The van der Waals surface area contributed by atoms with Gasteiger partial charge in [-0.2, -0.15) is 5.26 Å². The third-order valence-electron chi connectivity index (χ3n) is 5.59. The molecule has 37 heavy (non-hydrogen) atoms. The van der Waals surface area contributed by atoms with Crippen LogP contribution >= 0.6 is 0 Å². The van der Waals surface area contributed by atoms with E-state index in [1.165, 1.54) is 37.4 Å². The molecular formula is C27H21N3O7. The summed E-state index contributed by atoms with van der Waals surface area (Å²) in [6, 6.07) is 17.2. The average molecular weight is 499 g/mol. The number of allylic oxidation sites excluding steroid dienone is 1. The smallest absolute Gasteiger partial charge is 0.343 e. The number of nitriles is 1. The molecule has 1 aliphatic rings. The molecule has 0 fully saturated rings. The lowest BCUT2D eigenvalue weighted by molar-refractivity contribution is -0.384. The van der Waals surface area contributed by atoms with Gasteiger partial charge in [0.25, 0.3) is 5.69 Å². The SMILES string of the molecule is C=CCOc1ccc(C2C(C#N)=C(N)Oc3cc(OC(=O)c4ccc([N+](=O)[O-])cc4)ccc32)cc1OC. The molecule has 10 heteroatoms. The third-order valence-corrected chi connectivity index (χ3v) is 5.59. The maximum atomic E-state index is 12.5. The summed E-state index contributed by atoms with van der Waals surface area (Å²) in [4.78, 5) is 22.8. The summed E-state index contributed by atoms with van der Waals surface area (Å²) in [5.74, 6) is 0.101. The van der Waals surface area contributed by atoms with Crippen molar-refractivity contribution in [1.29, 1.82) is 5.26 Å². The third kappa shape index (κ3) is 5.06. The number of hydrogen-bond acceptors (Lipinski definition) is 9. The van der Waals surface area contributed by atoms with E-state index < -0.39 is 16.8 Å². The number of esters is 1. The summed E-state index contributed by atoms with van der Waals surface area (Å²) in [5.41, 5.74) is 7.63. The topological polar surface area (TPSA) is 147 Å². The Bertz CT molecular complexity index is 1460.